The van der Waals surface area contributed by atoms with Crippen LogP contribution in [0.3, 0.4) is 0 Å². The summed E-state index contributed by atoms with van der Waals surface area (Å²) in [4.78, 5) is 12.6. The SMILES string of the molecule is Cc1cc(C)c(C(=O)CSc2nnc(-c3cccc(Br)c3)o2)c(C)c1. The summed E-state index contributed by atoms with van der Waals surface area (Å²) in [5.74, 6) is 0.784. The van der Waals surface area contributed by atoms with Crippen LogP contribution in [0.15, 0.2) is 50.5 Å². The minimum absolute atomic E-state index is 0.0715. The molecule has 4 nitrogen and oxygen atoms in total. The van der Waals surface area contributed by atoms with Crippen LogP contribution in [-0.2, 0) is 0 Å². The molecule has 0 radical (unpaired) electrons. The van der Waals surface area contributed by atoms with Gasteiger partial charge in [0, 0.05) is 15.6 Å². The number of halogens is 1. The first kappa shape index (κ1) is 17.9. The molecule has 0 amide bonds. The summed E-state index contributed by atoms with van der Waals surface area (Å²) in [6.07, 6.45) is 0. The average molecular weight is 417 g/mol. The summed E-state index contributed by atoms with van der Waals surface area (Å²) in [5.41, 5.74) is 4.79. The highest BCUT2D eigenvalue weighted by molar-refractivity contribution is 9.10. The molecule has 0 saturated carbocycles. The lowest BCUT2D eigenvalue weighted by Gasteiger charge is -2.09. The van der Waals surface area contributed by atoms with Gasteiger partial charge in [-0.3, -0.25) is 4.79 Å². The first-order valence-corrected chi connectivity index (χ1v) is 9.55. The van der Waals surface area contributed by atoms with Crippen LogP contribution in [0.2, 0.25) is 0 Å². The van der Waals surface area contributed by atoms with Crippen molar-refractivity contribution in [2.24, 2.45) is 0 Å². The van der Waals surface area contributed by atoms with Gasteiger partial charge in [0.05, 0.1) is 5.75 Å². The highest BCUT2D eigenvalue weighted by Gasteiger charge is 2.16. The largest absolute Gasteiger partial charge is 0.411 e. The van der Waals surface area contributed by atoms with E-state index >= 15 is 0 Å². The Morgan fingerprint density at radius 2 is 1.84 bits per heavy atom. The summed E-state index contributed by atoms with van der Waals surface area (Å²) in [6.45, 7) is 5.97. The van der Waals surface area contributed by atoms with E-state index in [0.29, 0.717) is 11.1 Å². The number of ketones is 1. The Hall–Kier alpha value is -1.92. The maximum absolute atomic E-state index is 12.6. The maximum Gasteiger partial charge on any atom is 0.277 e. The Kier molecular flexibility index (Phi) is 5.39. The van der Waals surface area contributed by atoms with Gasteiger partial charge in [-0.2, -0.15) is 0 Å². The third-order valence-electron chi connectivity index (χ3n) is 3.76. The zero-order valence-electron chi connectivity index (χ0n) is 14.2. The molecule has 0 fully saturated rings. The van der Waals surface area contributed by atoms with Crippen LogP contribution in [0.5, 0.6) is 0 Å². The topological polar surface area (TPSA) is 56.0 Å². The Morgan fingerprint density at radius 3 is 2.52 bits per heavy atom. The Morgan fingerprint density at radius 1 is 1.12 bits per heavy atom. The lowest BCUT2D eigenvalue weighted by Crippen LogP contribution is -2.07. The van der Waals surface area contributed by atoms with E-state index in [1.165, 1.54) is 11.8 Å². The summed E-state index contributed by atoms with van der Waals surface area (Å²) in [7, 11) is 0. The molecular formula is C19H17BrN2O2S. The monoisotopic (exact) mass is 416 g/mol. The molecule has 0 saturated heterocycles. The molecule has 1 heterocycles. The molecule has 0 atom stereocenters. The molecule has 25 heavy (non-hydrogen) atoms. The van der Waals surface area contributed by atoms with Crippen LogP contribution in [0.1, 0.15) is 27.0 Å². The van der Waals surface area contributed by atoms with Crippen LogP contribution in [-0.4, -0.2) is 21.7 Å². The molecule has 0 aliphatic heterocycles. The normalized spacial score (nSPS) is 10.9. The molecular weight excluding hydrogens is 400 g/mol. The van der Waals surface area contributed by atoms with Crippen molar-refractivity contribution in [3.63, 3.8) is 0 Å². The Balaban J connectivity index is 1.71. The van der Waals surface area contributed by atoms with Crippen molar-refractivity contribution in [1.29, 1.82) is 0 Å². The highest BCUT2D eigenvalue weighted by Crippen LogP contribution is 2.26. The molecule has 128 valence electrons. The van der Waals surface area contributed by atoms with Crippen LogP contribution in [0, 0.1) is 20.8 Å². The zero-order chi connectivity index (χ0) is 18.0. The minimum atomic E-state index is 0.0715. The number of rotatable bonds is 5. The van der Waals surface area contributed by atoms with E-state index in [9.17, 15) is 4.79 Å². The minimum Gasteiger partial charge on any atom is -0.411 e. The number of aromatic nitrogens is 2. The zero-order valence-corrected chi connectivity index (χ0v) is 16.6. The van der Waals surface area contributed by atoms with E-state index in [-0.39, 0.29) is 11.5 Å². The molecule has 3 rings (SSSR count). The van der Waals surface area contributed by atoms with Gasteiger partial charge in [-0.25, -0.2) is 0 Å². The number of carbonyl (C=O) groups is 1. The summed E-state index contributed by atoms with van der Waals surface area (Å²) in [5, 5.41) is 8.48. The van der Waals surface area contributed by atoms with Gasteiger partial charge in [-0.1, -0.05) is 51.5 Å². The fraction of sp³-hybridized carbons (Fsp3) is 0.211. The van der Waals surface area contributed by atoms with E-state index < -0.39 is 0 Å². The van der Waals surface area contributed by atoms with E-state index in [0.717, 1.165) is 32.3 Å². The standard InChI is InChI=1S/C19H17BrN2O2S/c1-11-7-12(2)17(13(3)8-11)16(23)10-25-19-22-21-18(24-19)14-5-4-6-15(20)9-14/h4-9H,10H2,1-3H3. The van der Waals surface area contributed by atoms with Crippen molar-refractivity contribution >= 4 is 33.5 Å². The molecule has 6 heteroatoms. The van der Waals surface area contributed by atoms with Crippen LogP contribution in [0.25, 0.3) is 11.5 Å². The second-order valence-corrected chi connectivity index (χ2v) is 7.71. The Labute approximate surface area is 159 Å². The molecule has 0 N–H and O–H groups in total. The molecule has 0 spiro atoms. The molecule has 1 aromatic heterocycles. The number of Topliss-reactive ketones (excluding diaryl/α,β-unsaturated/α-hetero) is 1. The van der Waals surface area contributed by atoms with Crippen LogP contribution < -0.4 is 0 Å². The lowest BCUT2D eigenvalue weighted by atomic mass is 9.97. The van der Waals surface area contributed by atoms with Gasteiger partial charge in [0.25, 0.3) is 5.22 Å². The Bertz CT molecular complexity index is 914. The first-order chi connectivity index (χ1) is 11.9. The third kappa shape index (κ3) is 4.19. The number of nitrogens with zero attached hydrogens (tertiary/aromatic N) is 2. The first-order valence-electron chi connectivity index (χ1n) is 7.77. The van der Waals surface area contributed by atoms with Gasteiger partial charge in [0.15, 0.2) is 5.78 Å². The lowest BCUT2D eigenvalue weighted by molar-refractivity contribution is 0.102. The molecule has 0 aliphatic rings. The van der Waals surface area contributed by atoms with E-state index in [1.54, 1.807) is 0 Å². The van der Waals surface area contributed by atoms with E-state index in [2.05, 4.69) is 26.1 Å². The van der Waals surface area contributed by atoms with Crippen LogP contribution in [0.4, 0.5) is 0 Å². The molecule has 2 aromatic carbocycles. The summed E-state index contributed by atoms with van der Waals surface area (Å²) in [6, 6.07) is 11.7. The summed E-state index contributed by atoms with van der Waals surface area (Å²) < 4.78 is 6.60. The van der Waals surface area contributed by atoms with Crippen molar-refractivity contribution < 1.29 is 9.21 Å². The number of hydrogen-bond acceptors (Lipinski definition) is 5. The quantitative estimate of drug-likeness (QED) is 0.411. The van der Waals surface area contributed by atoms with Gasteiger partial charge in [0.2, 0.25) is 5.89 Å². The molecule has 0 bridgehead atoms. The van der Waals surface area contributed by atoms with Gasteiger partial charge < -0.3 is 4.42 Å². The van der Waals surface area contributed by atoms with Crippen molar-refractivity contribution in [1.82, 2.24) is 10.2 Å². The average Bonchev–Trinajstić information content (AvgIpc) is 3.01. The second kappa shape index (κ2) is 7.54. The predicted octanol–water partition coefficient (Wildman–Crippen LogP) is 5.40. The van der Waals surface area contributed by atoms with Crippen molar-refractivity contribution in [2.45, 2.75) is 26.0 Å². The van der Waals surface area contributed by atoms with E-state index in [4.69, 9.17) is 4.42 Å². The van der Waals surface area contributed by atoms with E-state index in [1.807, 2.05) is 57.2 Å². The number of carbonyl (C=O) groups excluding carboxylic acids is 1. The van der Waals surface area contributed by atoms with Crippen molar-refractivity contribution in [3.8, 4) is 11.5 Å². The van der Waals surface area contributed by atoms with Gasteiger partial charge in [-0.05, 0) is 50.1 Å². The van der Waals surface area contributed by atoms with Crippen molar-refractivity contribution in [3.05, 3.63) is 63.1 Å². The van der Waals surface area contributed by atoms with Crippen LogP contribution >= 0.6 is 27.7 Å². The van der Waals surface area contributed by atoms with Gasteiger partial charge >= 0.3 is 0 Å². The molecule has 3 aromatic rings. The number of thioether (sulfide) groups is 1. The second-order valence-electron chi connectivity index (χ2n) is 5.87. The predicted molar refractivity (Wildman–Crippen MR) is 103 cm³/mol. The number of hydrogen-bond donors (Lipinski definition) is 0. The number of aryl methyl sites for hydroxylation is 3. The fourth-order valence-corrected chi connectivity index (χ4v) is 3.86. The third-order valence-corrected chi connectivity index (χ3v) is 5.07. The highest BCUT2D eigenvalue weighted by atomic mass is 79.9. The van der Waals surface area contributed by atoms with Crippen molar-refractivity contribution in [2.75, 3.05) is 5.75 Å². The maximum atomic E-state index is 12.6. The van der Waals surface area contributed by atoms with Gasteiger partial charge in [0.1, 0.15) is 0 Å². The number of benzene rings is 2. The molecule has 0 aliphatic carbocycles. The fourth-order valence-electron chi connectivity index (χ4n) is 2.83. The summed E-state index contributed by atoms with van der Waals surface area (Å²) >= 11 is 4.68. The van der Waals surface area contributed by atoms with Gasteiger partial charge in [-0.15, -0.1) is 10.2 Å². The smallest absolute Gasteiger partial charge is 0.277 e. The molecule has 0 unspecified atom stereocenters.